The first-order valence-electron chi connectivity index (χ1n) is 11.2. The normalized spacial score (nSPS) is 20.4. The smallest absolute Gasteiger partial charge is 0.262 e. The minimum absolute atomic E-state index is 0.150. The lowest BCUT2D eigenvalue weighted by molar-refractivity contribution is 0.00191. The summed E-state index contributed by atoms with van der Waals surface area (Å²) in [6.45, 7) is 9.13. The molecule has 1 N–H and O–H groups in total. The number of rotatable bonds is 9. The molecule has 0 spiro atoms. The molecule has 0 radical (unpaired) electrons. The van der Waals surface area contributed by atoms with Crippen LogP contribution in [0, 0.1) is 5.92 Å². The molecule has 30 heavy (non-hydrogen) atoms. The van der Waals surface area contributed by atoms with Gasteiger partial charge in [-0.3, -0.25) is 9.69 Å². The Labute approximate surface area is 184 Å². The first-order chi connectivity index (χ1) is 14.5. The largest absolute Gasteiger partial charge is 0.379 e. The van der Waals surface area contributed by atoms with Crippen LogP contribution in [0.2, 0.25) is 0 Å². The predicted molar refractivity (Wildman–Crippen MR) is 120 cm³/mol. The van der Waals surface area contributed by atoms with Crippen molar-refractivity contribution in [3.63, 3.8) is 0 Å². The van der Waals surface area contributed by atoms with Gasteiger partial charge in [0.1, 0.15) is 9.77 Å². The highest BCUT2D eigenvalue weighted by atomic mass is 32.2. The summed E-state index contributed by atoms with van der Waals surface area (Å²) < 4.78 is 33.2. The molecule has 2 saturated heterocycles. The molecule has 7 nitrogen and oxygen atoms in total. The summed E-state index contributed by atoms with van der Waals surface area (Å²) in [6.07, 6.45) is 4.90. The molecule has 1 aromatic rings. The maximum atomic E-state index is 13.1. The Kier molecular flexibility index (Phi) is 8.71. The van der Waals surface area contributed by atoms with Gasteiger partial charge in [0, 0.05) is 38.8 Å². The molecule has 9 heteroatoms. The topological polar surface area (TPSA) is 79.0 Å². The lowest BCUT2D eigenvalue weighted by Gasteiger charge is -2.38. The standard InChI is InChI=1S/C21H35N3O4S2/c1-3-17(4-2)18(23-11-13-28-14-12-23)16-22-21(25)20-19(8-15-29-20)30(26,27)24-9-6-5-7-10-24/h8,15,17-18H,3-7,9-14,16H2,1-2H3,(H,22,25). The lowest BCUT2D eigenvalue weighted by Crippen LogP contribution is -2.52. The second-order valence-corrected chi connectivity index (χ2v) is 10.9. The van der Waals surface area contributed by atoms with Gasteiger partial charge in [-0.25, -0.2) is 8.42 Å². The molecule has 1 unspecified atom stereocenters. The number of piperidine rings is 1. The first-order valence-corrected chi connectivity index (χ1v) is 13.5. The Morgan fingerprint density at radius 2 is 1.80 bits per heavy atom. The third-order valence-electron chi connectivity index (χ3n) is 6.35. The average Bonchev–Trinajstić information content (AvgIpc) is 3.29. The van der Waals surface area contributed by atoms with Gasteiger partial charge in [0.15, 0.2) is 0 Å². The number of thiophene rings is 1. The van der Waals surface area contributed by atoms with Crippen molar-refractivity contribution in [2.45, 2.75) is 56.9 Å². The van der Waals surface area contributed by atoms with Crippen molar-refractivity contribution in [3.05, 3.63) is 16.3 Å². The molecule has 3 rings (SSSR count). The van der Waals surface area contributed by atoms with Crippen LogP contribution in [-0.2, 0) is 14.8 Å². The van der Waals surface area contributed by atoms with Crippen molar-refractivity contribution in [1.82, 2.24) is 14.5 Å². The second kappa shape index (κ2) is 11.0. The van der Waals surface area contributed by atoms with E-state index in [4.69, 9.17) is 4.74 Å². The highest BCUT2D eigenvalue weighted by molar-refractivity contribution is 7.89. The van der Waals surface area contributed by atoms with Gasteiger partial charge in [-0.15, -0.1) is 11.3 Å². The molecule has 2 aliphatic rings. The van der Waals surface area contributed by atoms with E-state index in [1.54, 1.807) is 11.4 Å². The number of morpholine rings is 1. The zero-order valence-electron chi connectivity index (χ0n) is 18.1. The molecular formula is C21H35N3O4S2. The Bertz CT molecular complexity index is 780. The van der Waals surface area contributed by atoms with Crippen molar-refractivity contribution >= 4 is 27.3 Å². The fraction of sp³-hybridized carbons (Fsp3) is 0.762. The zero-order chi connectivity index (χ0) is 21.6. The summed E-state index contributed by atoms with van der Waals surface area (Å²) >= 11 is 1.20. The van der Waals surface area contributed by atoms with E-state index in [1.165, 1.54) is 15.6 Å². The molecule has 2 aliphatic heterocycles. The Morgan fingerprint density at radius 3 is 2.43 bits per heavy atom. The van der Waals surface area contributed by atoms with Crippen LogP contribution in [0.1, 0.15) is 55.6 Å². The van der Waals surface area contributed by atoms with Crippen LogP contribution in [0.5, 0.6) is 0 Å². The van der Waals surface area contributed by atoms with E-state index < -0.39 is 10.0 Å². The van der Waals surface area contributed by atoms with Crippen molar-refractivity contribution in [2.24, 2.45) is 5.92 Å². The van der Waals surface area contributed by atoms with E-state index in [0.29, 0.717) is 43.6 Å². The van der Waals surface area contributed by atoms with Gasteiger partial charge < -0.3 is 10.1 Å². The molecule has 0 aliphatic carbocycles. The van der Waals surface area contributed by atoms with Crippen LogP contribution >= 0.6 is 11.3 Å². The summed E-state index contributed by atoms with van der Waals surface area (Å²) in [5.41, 5.74) is 0. The molecule has 1 atom stereocenters. The van der Waals surface area contributed by atoms with E-state index in [1.807, 2.05) is 0 Å². The van der Waals surface area contributed by atoms with Crippen LogP contribution in [0.3, 0.4) is 0 Å². The number of nitrogens with one attached hydrogen (secondary N) is 1. The van der Waals surface area contributed by atoms with Crippen molar-refractivity contribution in [2.75, 3.05) is 45.9 Å². The number of carbonyl (C=O) groups excluding carboxylic acids is 1. The van der Waals surface area contributed by atoms with E-state index >= 15 is 0 Å². The molecule has 1 aromatic heterocycles. The summed E-state index contributed by atoms with van der Waals surface area (Å²) in [5.74, 6) is 0.188. The molecule has 3 heterocycles. The highest BCUT2D eigenvalue weighted by Gasteiger charge is 2.32. The lowest BCUT2D eigenvalue weighted by atomic mass is 9.92. The number of sulfonamides is 1. The molecule has 0 bridgehead atoms. The first kappa shape index (κ1) is 23.7. The van der Waals surface area contributed by atoms with Gasteiger partial charge in [0.2, 0.25) is 10.0 Å². The minimum Gasteiger partial charge on any atom is -0.379 e. The quantitative estimate of drug-likeness (QED) is 0.617. The van der Waals surface area contributed by atoms with E-state index in [9.17, 15) is 13.2 Å². The van der Waals surface area contributed by atoms with E-state index in [2.05, 4.69) is 24.1 Å². The molecule has 1 amide bonds. The van der Waals surface area contributed by atoms with Crippen LogP contribution in [0.4, 0.5) is 0 Å². The minimum atomic E-state index is -3.62. The number of carbonyl (C=O) groups is 1. The van der Waals surface area contributed by atoms with Crippen LogP contribution in [0.15, 0.2) is 16.3 Å². The number of nitrogens with zero attached hydrogens (tertiary/aromatic N) is 2. The summed E-state index contributed by atoms with van der Waals surface area (Å²) in [6, 6.07) is 1.80. The highest BCUT2D eigenvalue weighted by Crippen LogP contribution is 2.27. The summed E-state index contributed by atoms with van der Waals surface area (Å²) in [5, 5.41) is 4.75. The van der Waals surface area contributed by atoms with Crippen LogP contribution in [-0.4, -0.2) is 75.5 Å². The number of hydrogen-bond acceptors (Lipinski definition) is 6. The summed E-state index contributed by atoms with van der Waals surface area (Å²) in [4.78, 5) is 15.9. The van der Waals surface area contributed by atoms with Gasteiger partial charge in [-0.1, -0.05) is 33.1 Å². The van der Waals surface area contributed by atoms with Crippen LogP contribution < -0.4 is 5.32 Å². The van der Waals surface area contributed by atoms with E-state index in [-0.39, 0.29) is 16.8 Å². The fourth-order valence-electron chi connectivity index (χ4n) is 4.52. The van der Waals surface area contributed by atoms with Gasteiger partial charge in [-0.2, -0.15) is 4.31 Å². The average molecular weight is 458 g/mol. The maximum absolute atomic E-state index is 13.1. The molecule has 0 saturated carbocycles. The van der Waals surface area contributed by atoms with Crippen LogP contribution in [0.25, 0.3) is 0 Å². The number of ether oxygens (including phenoxy) is 1. The monoisotopic (exact) mass is 457 g/mol. The molecule has 170 valence electrons. The third-order valence-corrected chi connectivity index (χ3v) is 9.33. The fourth-order valence-corrected chi connectivity index (χ4v) is 7.36. The van der Waals surface area contributed by atoms with Gasteiger partial charge >= 0.3 is 0 Å². The van der Waals surface area contributed by atoms with Crippen molar-refractivity contribution < 1.29 is 17.9 Å². The zero-order valence-corrected chi connectivity index (χ0v) is 19.8. The molecular weight excluding hydrogens is 422 g/mol. The van der Waals surface area contributed by atoms with Gasteiger partial charge in [-0.05, 0) is 30.2 Å². The predicted octanol–water partition coefficient (Wildman–Crippen LogP) is 2.79. The van der Waals surface area contributed by atoms with Crippen molar-refractivity contribution in [1.29, 1.82) is 0 Å². The maximum Gasteiger partial charge on any atom is 0.262 e. The number of amides is 1. The Balaban J connectivity index is 1.71. The summed E-state index contributed by atoms with van der Waals surface area (Å²) in [7, 11) is -3.62. The molecule has 0 aromatic carbocycles. The van der Waals surface area contributed by atoms with Gasteiger partial charge in [0.05, 0.1) is 13.2 Å². The van der Waals surface area contributed by atoms with Crippen molar-refractivity contribution in [3.8, 4) is 0 Å². The Morgan fingerprint density at radius 1 is 1.13 bits per heavy atom. The Hall–Kier alpha value is -1.00. The number of hydrogen-bond donors (Lipinski definition) is 1. The van der Waals surface area contributed by atoms with Gasteiger partial charge in [0.25, 0.3) is 5.91 Å². The van der Waals surface area contributed by atoms with E-state index in [0.717, 1.165) is 45.2 Å². The SMILES string of the molecule is CCC(CC)C(CNC(=O)c1sccc1S(=O)(=O)N1CCCCC1)N1CCOCC1. The third kappa shape index (κ3) is 5.43. The second-order valence-electron chi connectivity index (χ2n) is 8.08. The molecule has 2 fully saturated rings.